The Morgan fingerprint density at radius 3 is 1.79 bits per heavy atom. The quantitative estimate of drug-likeness (QED) is 0.330. The van der Waals surface area contributed by atoms with Crippen molar-refractivity contribution in [3.8, 4) is 11.1 Å². The summed E-state index contributed by atoms with van der Waals surface area (Å²) >= 11 is 0. The molecule has 38 heavy (non-hydrogen) atoms. The highest BCUT2D eigenvalue weighted by Crippen LogP contribution is 2.32. The van der Waals surface area contributed by atoms with Gasteiger partial charge in [0.05, 0.1) is 10.5 Å². The minimum absolute atomic E-state index is 0.0453. The number of benzene rings is 3. The molecule has 3 aromatic rings. The first kappa shape index (κ1) is 27.0. The van der Waals surface area contributed by atoms with Gasteiger partial charge in [0.2, 0.25) is 21.8 Å². The lowest BCUT2D eigenvalue weighted by atomic mass is 9.94. The largest absolute Gasteiger partial charge is 0.478 e. The molecule has 2 atom stereocenters. The molecule has 0 aromatic heterocycles. The first-order chi connectivity index (χ1) is 18.1. The van der Waals surface area contributed by atoms with Gasteiger partial charge in [0.15, 0.2) is 0 Å². The van der Waals surface area contributed by atoms with E-state index in [9.17, 15) is 22.8 Å². The van der Waals surface area contributed by atoms with E-state index in [1.165, 1.54) is 18.2 Å². The molecular formula is C28H29N3O6S. The Labute approximate surface area is 221 Å². The summed E-state index contributed by atoms with van der Waals surface area (Å²) in [5, 5.41) is 20.1. The maximum atomic E-state index is 12.9. The van der Waals surface area contributed by atoms with Crippen molar-refractivity contribution in [3.05, 3.63) is 89.5 Å². The van der Waals surface area contributed by atoms with Gasteiger partial charge in [-0.05, 0) is 47.7 Å². The predicted octanol–water partition coefficient (Wildman–Crippen LogP) is 3.05. The van der Waals surface area contributed by atoms with E-state index in [2.05, 4.69) is 10.6 Å². The molecule has 10 heteroatoms. The third-order valence-corrected chi connectivity index (χ3v) is 7.75. The lowest BCUT2D eigenvalue weighted by Gasteiger charge is -2.19. The number of primary sulfonamides is 1. The zero-order valence-electron chi connectivity index (χ0n) is 20.6. The highest BCUT2D eigenvalue weighted by molar-refractivity contribution is 7.89. The molecule has 0 spiro atoms. The second kappa shape index (κ2) is 11.6. The lowest BCUT2D eigenvalue weighted by molar-refractivity contribution is -0.133. The predicted molar refractivity (Wildman–Crippen MR) is 141 cm³/mol. The van der Waals surface area contributed by atoms with Gasteiger partial charge in [-0.1, -0.05) is 61.0 Å². The summed E-state index contributed by atoms with van der Waals surface area (Å²) in [6.07, 6.45) is 2.03. The molecule has 0 unspecified atom stereocenters. The van der Waals surface area contributed by atoms with Gasteiger partial charge in [0.25, 0.3) is 0 Å². The molecule has 1 fully saturated rings. The van der Waals surface area contributed by atoms with Crippen molar-refractivity contribution in [2.45, 2.75) is 37.2 Å². The minimum Gasteiger partial charge on any atom is -0.478 e. The van der Waals surface area contributed by atoms with Crippen LogP contribution in [0, 0.1) is 11.8 Å². The van der Waals surface area contributed by atoms with Gasteiger partial charge in [-0.3, -0.25) is 9.59 Å². The number of carbonyl (C=O) groups is 3. The molecule has 198 valence electrons. The summed E-state index contributed by atoms with van der Waals surface area (Å²) in [7, 11) is -3.87. The van der Waals surface area contributed by atoms with Crippen molar-refractivity contribution < 1.29 is 27.9 Å². The molecule has 0 aliphatic heterocycles. The van der Waals surface area contributed by atoms with Crippen molar-refractivity contribution in [1.29, 1.82) is 0 Å². The molecule has 5 N–H and O–H groups in total. The maximum absolute atomic E-state index is 12.9. The normalized spacial score (nSPS) is 17.1. The fourth-order valence-corrected chi connectivity index (χ4v) is 5.51. The molecule has 0 heterocycles. The first-order valence-electron chi connectivity index (χ1n) is 12.2. The summed E-state index contributed by atoms with van der Waals surface area (Å²) in [5.74, 6) is -2.24. The van der Waals surface area contributed by atoms with E-state index in [-0.39, 0.29) is 35.4 Å². The van der Waals surface area contributed by atoms with E-state index in [1.54, 1.807) is 42.5 Å². The Hall–Kier alpha value is -4.02. The van der Waals surface area contributed by atoms with Crippen molar-refractivity contribution in [2.24, 2.45) is 17.0 Å². The number of carbonyl (C=O) groups excluding carboxylic acids is 2. The zero-order valence-corrected chi connectivity index (χ0v) is 21.4. The lowest BCUT2D eigenvalue weighted by Crippen LogP contribution is -2.39. The van der Waals surface area contributed by atoms with Gasteiger partial charge >= 0.3 is 5.97 Å². The molecule has 0 saturated heterocycles. The third-order valence-electron chi connectivity index (χ3n) is 6.78. The molecule has 4 rings (SSSR count). The van der Waals surface area contributed by atoms with Gasteiger partial charge in [-0.25, -0.2) is 18.4 Å². The van der Waals surface area contributed by atoms with E-state index < -0.39 is 27.8 Å². The second-order valence-corrected chi connectivity index (χ2v) is 10.8. The number of aromatic carboxylic acids is 1. The Morgan fingerprint density at radius 1 is 0.789 bits per heavy atom. The first-order valence-corrected chi connectivity index (χ1v) is 13.8. The Morgan fingerprint density at radius 2 is 1.29 bits per heavy atom. The highest BCUT2D eigenvalue weighted by atomic mass is 32.2. The summed E-state index contributed by atoms with van der Waals surface area (Å²) in [4.78, 5) is 36.8. The molecule has 0 bridgehead atoms. The molecule has 3 aromatic carbocycles. The smallest absolute Gasteiger partial charge is 0.335 e. The van der Waals surface area contributed by atoms with Crippen LogP contribution in [0.2, 0.25) is 0 Å². The van der Waals surface area contributed by atoms with Gasteiger partial charge in [0.1, 0.15) is 0 Å². The van der Waals surface area contributed by atoms with Crippen molar-refractivity contribution in [2.75, 3.05) is 0 Å². The summed E-state index contributed by atoms with van der Waals surface area (Å²) in [5.41, 5.74) is 2.98. The van der Waals surface area contributed by atoms with Crippen LogP contribution in [-0.2, 0) is 32.7 Å². The zero-order chi connectivity index (χ0) is 27.3. The Bertz CT molecular complexity index is 1440. The fraction of sp³-hybridized carbons (Fsp3) is 0.250. The summed E-state index contributed by atoms with van der Waals surface area (Å²) in [6.45, 7) is 0.529. The van der Waals surface area contributed by atoms with Gasteiger partial charge in [-0.2, -0.15) is 0 Å². The number of sulfonamides is 1. The van der Waals surface area contributed by atoms with Crippen LogP contribution >= 0.6 is 0 Å². The average Bonchev–Trinajstić information content (AvgIpc) is 3.41. The van der Waals surface area contributed by atoms with Crippen LogP contribution in [0.25, 0.3) is 11.1 Å². The molecule has 1 aliphatic rings. The number of carboxylic acids is 1. The number of hydrogen-bond acceptors (Lipinski definition) is 5. The topological polar surface area (TPSA) is 156 Å². The van der Waals surface area contributed by atoms with Crippen LogP contribution in [0.15, 0.2) is 77.7 Å². The number of hydrogen-bond donors (Lipinski definition) is 4. The number of amides is 2. The third kappa shape index (κ3) is 6.45. The van der Waals surface area contributed by atoms with Gasteiger partial charge in [0, 0.05) is 30.5 Å². The van der Waals surface area contributed by atoms with E-state index >= 15 is 0 Å². The molecular weight excluding hydrogens is 506 g/mol. The Balaban J connectivity index is 1.33. The van der Waals surface area contributed by atoms with Crippen LogP contribution in [-0.4, -0.2) is 31.3 Å². The second-order valence-electron chi connectivity index (χ2n) is 9.32. The van der Waals surface area contributed by atoms with E-state index in [4.69, 9.17) is 10.2 Å². The molecule has 1 saturated carbocycles. The van der Waals surface area contributed by atoms with Crippen molar-refractivity contribution >= 4 is 27.8 Å². The van der Waals surface area contributed by atoms with Gasteiger partial charge < -0.3 is 15.7 Å². The maximum Gasteiger partial charge on any atom is 0.335 e. The molecule has 0 radical (unpaired) electrons. The highest BCUT2D eigenvalue weighted by Gasteiger charge is 2.37. The van der Waals surface area contributed by atoms with Crippen LogP contribution in [0.5, 0.6) is 0 Å². The SMILES string of the molecule is NS(=O)(=O)c1ccccc1-c1ccc(CNC(=O)[C@@H]2CCC[C@H]2C(=O)NCc2ccc(C(=O)O)cc2)cc1. The number of nitrogens with two attached hydrogens (primary N) is 1. The summed E-state index contributed by atoms with van der Waals surface area (Å²) < 4.78 is 23.8. The molecule has 2 amide bonds. The van der Waals surface area contributed by atoms with Crippen LogP contribution in [0.3, 0.4) is 0 Å². The minimum atomic E-state index is -3.87. The number of rotatable bonds is 9. The average molecular weight is 536 g/mol. The number of carboxylic acid groups (broad SMARTS) is 1. The number of nitrogens with one attached hydrogen (secondary N) is 2. The Kier molecular flexibility index (Phi) is 8.23. The van der Waals surface area contributed by atoms with Crippen molar-refractivity contribution in [3.63, 3.8) is 0 Å². The van der Waals surface area contributed by atoms with Crippen LogP contribution in [0.1, 0.15) is 40.7 Å². The van der Waals surface area contributed by atoms with E-state index in [1.807, 2.05) is 12.1 Å². The summed E-state index contributed by atoms with van der Waals surface area (Å²) in [6, 6.07) is 20.0. The van der Waals surface area contributed by atoms with Gasteiger partial charge in [-0.15, -0.1) is 0 Å². The fourth-order valence-electron chi connectivity index (χ4n) is 4.75. The molecule has 9 nitrogen and oxygen atoms in total. The standard InChI is InChI=1S/C28H29N3O6S/c29-38(36,37)25-7-2-1-4-22(25)20-12-8-18(9-13-20)16-30-26(32)23-5-3-6-24(23)27(33)31-17-19-10-14-21(15-11-19)28(34)35/h1-2,4,7-15,23-24H,3,5-6,16-17H2,(H,30,32)(H,31,33)(H,34,35)(H2,29,36,37)/t23-,24-/m1/s1. The van der Waals surface area contributed by atoms with Crippen molar-refractivity contribution in [1.82, 2.24) is 10.6 Å². The molecule has 1 aliphatic carbocycles. The van der Waals surface area contributed by atoms with Crippen LogP contribution < -0.4 is 15.8 Å². The monoisotopic (exact) mass is 535 g/mol. The van der Waals surface area contributed by atoms with E-state index in [0.717, 1.165) is 17.5 Å². The van der Waals surface area contributed by atoms with E-state index in [0.29, 0.717) is 24.0 Å². The van der Waals surface area contributed by atoms with Crippen LogP contribution in [0.4, 0.5) is 0 Å².